The number of benzene rings is 2. The lowest BCUT2D eigenvalue weighted by atomic mass is 9.92. The molecule has 2 aromatic carbocycles. The summed E-state index contributed by atoms with van der Waals surface area (Å²) in [6, 6.07) is 10.3. The van der Waals surface area contributed by atoms with Crippen LogP contribution in [-0.4, -0.2) is 45.3 Å². The third-order valence-corrected chi connectivity index (χ3v) is 8.26. The van der Waals surface area contributed by atoms with Crippen molar-refractivity contribution in [3.05, 3.63) is 92.4 Å². The normalized spacial score (nSPS) is 17.8. The van der Waals surface area contributed by atoms with Crippen molar-refractivity contribution in [1.82, 2.24) is 9.58 Å². The lowest BCUT2D eigenvalue weighted by Crippen LogP contribution is -2.60. The van der Waals surface area contributed by atoms with Gasteiger partial charge in [0, 0.05) is 16.8 Å². The number of pyridine rings is 1. The van der Waals surface area contributed by atoms with Gasteiger partial charge in [0.2, 0.25) is 5.43 Å². The first kappa shape index (κ1) is 25.9. The minimum Gasteiger partial charge on any atom is -0.502 e. The molecule has 0 bridgehead atoms. The zero-order valence-electron chi connectivity index (χ0n) is 20.7. The van der Waals surface area contributed by atoms with Gasteiger partial charge >= 0.3 is 6.18 Å². The molecule has 3 heterocycles. The van der Waals surface area contributed by atoms with Crippen molar-refractivity contribution in [2.75, 3.05) is 11.7 Å². The van der Waals surface area contributed by atoms with Crippen LogP contribution in [-0.2, 0) is 5.75 Å². The second-order valence-electron chi connectivity index (χ2n) is 9.42. The molecule has 1 amide bonds. The minimum absolute atomic E-state index is 0.373. The fraction of sp³-hybridized carbons (Fsp3) is 0.296. The van der Waals surface area contributed by atoms with Gasteiger partial charge in [-0.3, -0.25) is 24.1 Å². The monoisotopic (exact) mass is 543 g/mol. The lowest BCUT2D eigenvalue weighted by Gasteiger charge is -2.46. The molecule has 5 rings (SSSR count). The number of Topliss-reactive ketones (excluding diaryl/α,β-unsaturated/α-hetero) is 1. The van der Waals surface area contributed by atoms with Crippen molar-refractivity contribution in [1.29, 1.82) is 0 Å². The number of rotatable bonds is 3. The van der Waals surface area contributed by atoms with Crippen LogP contribution in [0.25, 0.3) is 0 Å². The van der Waals surface area contributed by atoms with Crippen LogP contribution in [0.3, 0.4) is 0 Å². The molecule has 2 aliphatic heterocycles. The first-order valence-corrected chi connectivity index (χ1v) is 12.8. The number of aromatic nitrogens is 1. The Morgan fingerprint density at radius 1 is 1.11 bits per heavy atom. The maximum Gasteiger partial charge on any atom is 0.408 e. The first-order valence-electron chi connectivity index (χ1n) is 11.9. The molecule has 2 atom stereocenters. The fourth-order valence-electron chi connectivity index (χ4n) is 5.00. The number of hydrogen-bond donors (Lipinski definition) is 1. The summed E-state index contributed by atoms with van der Waals surface area (Å²) in [7, 11) is 0. The van der Waals surface area contributed by atoms with Crippen LogP contribution in [0.2, 0.25) is 0 Å². The number of fused-ring (bicyclic) bond motifs is 3. The van der Waals surface area contributed by atoms with E-state index in [1.54, 1.807) is 11.8 Å². The predicted molar refractivity (Wildman–Crippen MR) is 136 cm³/mol. The zero-order valence-corrected chi connectivity index (χ0v) is 21.6. The topological polar surface area (TPSA) is 82.8 Å². The molecule has 38 heavy (non-hydrogen) atoms. The Bertz CT molecular complexity index is 1530. The van der Waals surface area contributed by atoms with Crippen molar-refractivity contribution >= 4 is 23.5 Å². The zero-order chi connectivity index (χ0) is 27.5. The Labute approximate surface area is 220 Å². The summed E-state index contributed by atoms with van der Waals surface area (Å²) < 4.78 is 42.9. The number of hydrogen-bond acceptors (Lipinski definition) is 6. The van der Waals surface area contributed by atoms with Crippen molar-refractivity contribution in [2.45, 2.75) is 49.7 Å². The standard InChI is InChI=1S/C27H24F3N3O4S/c1-14-7-6-9-17-20(14)12-38-21-10-5-4-8-18(21)22(17)33-13-31(16(3)27(28,29)30)26(37)23-25(36)24(35)19(15(2)34)11-32(23)33/h4-11,16,22,36H,12-13H2,1-3H3/t16-,22+/m1/s1. The Hall–Kier alpha value is -3.73. The maximum absolute atomic E-state index is 13.9. The maximum atomic E-state index is 13.9. The molecule has 0 aliphatic carbocycles. The quantitative estimate of drug-likeness (QED) is 0.480. The van der Waals surface area contributed by atoms with E-state index in [1.807, 2.05) is 49.4 Å². The van der Waals surface area contributed by atoms with E-state index < -0.39 is 53.5 Å². The fourth-order valence-corrected chi connectivity index (χ4v) is 6.22. The van der Waals surface area contributed by atoms with Crippen molar-refractivity contribution in [3.8, 4) is 5.75 Å². The molecule has 1 aromatic heterocycles. The number of ketones is 1. The second-order valence-corrected chi connectivity index (χ2v) is 10.4. The number of aromatic hydroxyl groups is 1. The van der Waals surface area contributed by atoms with Gasteiger partial charge in [-0.05, 0) is 49.1 Å². The molecule has 0 unspecified atom stereocenters. The molecule has 0 radical (unpaired) electrons. The summed E-state index contributed by atoms with van der Waals surface area (Å²) in [5, 5.41) is 12.3. The SMILES string of the molecule is CC(=O)c1cn2c(c(O)c1=O)C(=O)N([C@H](C)C(F)(F)F)CN2[C@@H]1c2ccccc2SCc2c(C)cccc21. The molecular weight excluding hydrogens is 519 g/mol. The number of thioether (sulfide) groups is 1. The highest BCUT2D eigenvalue weighted by Gasteiger charge is 2.48. The van der Waals surface area contributed by atoms with Gasteiger partial charge in [-0.2, -0.15) is 13.2 Å². The van der Waals surface area contributed by atoms with Gasteiger partial charge in [0.1, 0.15) is 12.7 Å². The van der Waals surface area contributed by atoms with E-state index in [9.17, 15) is 32.7 Å². The summed E-state index contributed by atoms with van der Waals surface area (Å²) in [6.45, 7) is 3.45. The van der Waals surface area contributed by atoms with Crippen LogP contribution in [0.4, 0.5) is 13.2 Å². The Morgan fingerprint density at radius 3 is 2.47 bits per heavy atom. The second kappa shape index (κ2) is 9.23. The molecule has 1 N–H and O–H groups in total. The average molecular weight is 544 g/mol. The van der Waals surface area contributed by atoms with Gasteiger partial charge in [-0.1, -0.05) is 36.4 Å². The van der Waals surface area contributed by atoms with Crippen molar-refractivity contribution in [3.63, 3.8) is 0 Å². The number of halogens is 3. The van der Waals surface area contributed by atoms with Gasteiger partial charge in [-0.15, -0.1) is 11.8 Å². The smallest absolute Gasteiger partial charge is 0.408 e. The first-order chi connectivity index (χ1) is 17.9. The summed E-state index contributed by atoms with van der Waals surface area (Å²) >= 11 is 1.59. The predicted octanol–water partition coefficient (Wildman–Crippen LogP) is 4.76. The number of carbonyl (C=O) groups is 2. The van der Waals surface area contributed by atoms with Crippen LogP contribution >= 0.6 is 11.8 Å². The van der Waals surface area contributed by atoms with E-state index in [0.29, 0.717) is 10.7 Å². The number of carbonyl (C=O) groups excluding carboxylic acids is 2. The number of alkyl halides is 3. The molecule has 0 saturated heterocycles. The largest absolute Gasteiger partial charge is 0.502 e. The molecule has 198 valence electrons. The highest BCUT2D eigenvalue weighted by Crippen LogP contribution is 2.44. The summed E-state index contributed by atoms with van der Waals surface area (Å²) in [4.78, 5) is 39.9. The van der Waals surface area contributed by atoms with Gasteiger partial charge in [0.25, 0.3) is 5.91 Å². The van der Waals surface area contributed by atoms with E-state index in [1.165, 1.54) is 9.69 Å². The molecule has 0 saturated carbocycles. The summed E-state index contributed by atoms with van der Waals surface area (Å²) in [5.74, 6) is -2.25. The van der Waals surface area contributed by atoms with Gasteiger partial charge in [0.05, 0.1) is 11.6 Å². The third kappa shape index (κ3) is 4.05. The van der Waals surface area contributed by atoms with Crippen molar-refractivity contribution < 1.29 is 27.9 Å². The molecule has 7 nitrogen and oxygen atoms in total. The van der Waals surface area contributed by atoms with E-state index >= 15 is 0 Å². The van der Waals surface area contributed by atoms with Gasteiger partial charge in [0.15, 0.2) is 17.2 Å². The Morgan fingerprint density at radius 2 is 1.79 bits per heavy atom. The highest BCUT2D eigenvalue weighted by molar-refractivity contribution is 7.98. The Kier molecular flexibility index (Phi) is 6.29. The summed E-state index contributed by atoms with van der Waals surface area (Å²) in [6.07, 6.45) is -3.62. The number of aryl methyl sites for hydroxylation is 1. The van der Waals surface area contributed by atoms with Gasteiger partial charge in [-0.25, -0.2) is 0 Å². The molecule has 3 aromatic rings. The van der Waals surface area contributed by atoms with Gasteiger partial charge < -0.3 is 10.0 Å². The van der Waals surface area contributed by atoms with E-state index in [2.05, 4.69) is 0 Å². The molecule has 11 heteroatoms. The van der Waals surface area contributed by atoms with Crippen LogP contribution in [0.5, 0.6) is 5.75 Å². The van der Waals surface area contributed by atoms with Crippen LogP contribution in [0, 0.1) is 6.92 Å². The van der Waals surface area contributed by atoms with Crippen LogP contribution in [0.15, 0.2) is 58.4 Å². The number of nitrogens with zero attached hydrogens (tertiary/aromatic N) is 3. The molecule has 0 spiro atoms. The number of amides is 1. The minimum atomic E-state index is -4.76. The van der Waals surface area contributed by atoms with Crippen LogP contribution in [0.1, 0.15) is 63.0 Å². The van der Waals surface area contributed by atoms with E-state index in [-0.39, 0.29) is 5.56 Å². The molecular formula is C27H24F3N3O4S. The van der Waals surface area contributed by atoms with Crippen molar-refractivity contribution in [2.24, 2.45) is 0 Å². The molecule has 0 fully saturated rings. The third-order valence-electron chi connectivity index (χ3n) is 7.15. The van der Waals surface area contributed by atoms with E-state index in [0.717, 1.165) is 47.2 Å². The average Bonchev–Trinajstić information content (AvgIpc) is 3.03. The molecule has 2 aliphatic rings. The lowest BCUT2D eigenvalue weighted by molar-refractivity contribution is -0.173. The Balaban J connectivity index is 1.84. The van der Waals surface area contributed by atoms with Crippen LogP contribution < -0.4 is 10.4 Å². The van der Waals surface area contributed by atoms with E-state index in [4.69, 9.17) is 0 Å². The summed E-state index contributed by atoms with van der Waals surface area (Å²) in [5.41, 5.74) is 1.48. The highest BCUT2D eigenvalue weighted by atomic mass is 32.2.